The van der Waals surface area contributed by atoms with Gasteiger partial charge in [-0.25, -0.2) is 9.59 Å². The molecule has 0 bridgehead atoms. The van der Waals surface area contributed by atoms with Crippen molar-refractivity contribution < 1.29 is 24.5 Å². The Bertz CT molecular complexity index is 502. The van der Waals surface area contributed by atoms with Crippen molar-refractivity contribution in [1.82, 2.24) is 5.32 Å². The summed E-state index contributed by atoms with van der Waals surface area (Å²) in [6.07, 6.45) is -1.20. The first-order valence-electron chi connectivity index (χ1n) is 5.98. The summed E-state index contributed by atoms with van der Waals surface area (Å²) in [7, 11) is 1.54. The highest BCUT2D eigenvalue weighted by Gasteiger charge is 2.24. The third kappa shape index (κ3) is 4.13. The molecule has 1 aromatic rings. The SMILES string of the molecule is COc1ccc(NC(=O)N[C@H](C(=O)O)[C@@H](C)O)cc1C. The van der Waals surface area contributed by atoms with E-state index in [2.05, 4.69) is 10.6 Å². The van der Waals surface area contributed by atoms with Gasteiger partial charge in [-0.15, -0.1) is 0 Å². The average molecular weight is 282 g/mol. The fourth-order valence-corrected chi connectivity index (χ4v) is 1.65. The average Bonchev–Trinajstić information content (AvgIpc) is 2.35. The van der Waals surface area contributed by atoms with Crippen molar-refractivity contribution in [2.24, 2.45) is 0 Å². The van der Waals surface area contributed by atoms with Gasteiger partial charge in [0.2, 0.25) is 0 Å². The number of carboxylic acid groups (broad SMARTS) is 1. The van der Waals surface area contributed by atoms with Gasteiger partial charge in [0.15, 0.2) is 6.04 Å². The van der Waals surface area contributed by atoms with E-state index in [1.165, 1.54) is 6.92 Å². The van der Waals surface area contributed by atoms with E-state index in [9.17, 15) is 14.7 Å². The van der Waals surface area contributed by atoms with Crippen LogP contribution in [-0.2, 0) is 4.79 Å². The van der Waals surface area contributed by atoms with Crippen molar-refractivity contribution >= 4 is 17.7 Å². The zero-order valence-corrected chi connectivity index (χ0v) is 11.5. The molecule has 0 saturated heterocycles. The first-order chi connectivity index (χ1) is 9.35. The monoisotopic (exact) mass is 282 g/mol. The van der Waals surface area contributed by atoms with Crippen LogP contribution < -0.4 is 15.4 Å². The molecule has 0 unspecified atom stereocenters. The van der Waals surface area contributed by atoms with Crippen LogP contribution in [0, 0.1) is 6.92 Å². The number of urea groups is 1. The van der Waals surface area contributed by atoms with Crippen LogP contribution in [0.4, 0.5) is 10.5 Å². The van der Waals surface area contributed by atoms with Gasteiger partial charge in [0.1, 0.15) is 5.75 Å². The van der Waals surface area contributed by atoms with Crippen molar-refractivity contribution in [2.45, 2.75) is 26.0 Å². The Morgan fingerprint density at radius 2 is 2.00 bits per heavy atom. The second-order valence-corrected chi connectivity index (χ2v) is 4.34. The van der Waals surface area contributed by atoms with Gasteiger partial charge in [0, 0.05) is 5.69 Å². The van der Waals surface area contributed by atoms with Gasteiger partial charge in [0.25, 0.3) is 0 Å². The Morgan fingerprint density at radius 3 is 2.45 bits per heavy atom. The molecule has 2 amide bonds. The Balaban J connectivity index is 2.71. The number of hydrogen-bond donors (Lipinski definition) is 4. The Morgan fingerprint density at radius 1 is 1.35 bits per heavy atom. The molecule has 7 heteroatoms. The fourth-order valence-electron chi connectivity index (χ4n) is 1.65. The molecule has 4 N–H and O–H groups in total. The Labute approximate surface area is 116 Å². The van der Waals surface area contributed by atoms with Gasteiger partial charge < -0.3 is 25.6 Å². The van der Waals surface area contributed by atoms with E-state index in [1.54, 1.807) is 25.3 Å². The van der Waals surface area contributed by atoms with E-state index < -0.39 is 24.1 Å². The van der Waals surface area contributed by atoms with Crippen LogP contribution in [0.25, 0.3) is 0 Å². The zero-order valence-electron chi connectivity index (χ0n) is 11.5. The van der Waals surface area contributed by atoms with Crippen molar-refractivity contribution in [1.29, 1.82) is 0 Å². The molecule has 0 aliphatic rings. The Hall–Kier alpha value is -2.28. The van der Waals surface area contributed by atoms with Crippen molar-refractivity contribution in [3.8, 4) is 5.75 Å². The maximum Gasteiger partial charge on any atom is 0.328 e. The quantitative estimate of drug-likeness (QED) is 0.643. The lowest BCUT2D eigenvalue weighted by atomic mass is 10.2. The summed E-state index contributed by atoms with van der Waals surface area (Å²) in [5.74, 6) is -0.621. The number of aryl methyl sites for hydroxylation is 1. The number of carbonyl (C=O) groups is 2. The first kappa shape index (κ1) is 15.8. The van der Waals surface area contributed by atoms with Crippen LogP contribution in [0.2, 0.25) is 0 Å². The van der Waals surface area contributed by atoms with Crippen molar-refractivity contribution in [3.63, 3.8) is 0 Å². The van der Waals surface area contributed by atoms with Crippen LogP contribution in [0.15, 0.2) is 18.2 Å². The number of aliphatic carboxylic acids is 1. The number of hydrogen-bond acceptors (Lipinski definition) is 4. The van der Waals surface area contributed by atoms with Gasteiger partial charge in [-0.05, 0) is 37.6 Å². The van der Waals surface area contributed by atoms with Gasteiger partial charge in [0.05, 0.1) is 13.2 Å². The molecule has 0 fully saturated rings. The van der Waals surface area contributed by atoms with Crippen molar-refractivity contribution in [2.75, 3.05) is 12.4 Å². The maximum atomic E-state index is 11.7. The summed E-state index contributed by atoms with van der Waals surface area (Å²) < 4.78 is 5.09. The molecule has 0 heterocycles. The topological polar surface area (TPSA) is 108 Å². The van der Waals surface area contributed by atoms with Gasteiger partial charge in [-0.2, -0.15) is 0 Å². The number of carboxylic acids is 1. The highest BCUT2D eigenvalue weighted by atomic mass is 16.5. The summed E-state index contributed by atoms with van der Waals surface area (Å²) >= 11 is 0. The minimum Gasteiger partial charge on any atom is -0.496 e. The number of anilines is 1. The second-order valence-electron chi connectivity index (χ2n) is 4.34. The van der Waals surface area contributed by atoms with Gasteiger partial charge in [-0.3, -0.25) is 0 Å². The summed E-state index contributed by atoms with van der Waals surface area (Å²) in [6.45, 7) is 3.11. The molecule has 0 saturated carbocycles. The highest BCUT2D eigenvalue weighted by Crippen LogP contribution is 2.21. The lowest BCUT2D eigenvalue weighted by Gasteiger charge is -2.17. The standard InChI is InChI=1S/C13H18N2O5/c1-7-6-9(4-5-10(7)20-3)14-13(19)15-11(8(2)16)12(17)18/h4-6,8,11,16H,1-3H3,(H,17,18)(H2,14,15,19)/t8-,11+/m1/s1. The number of rotatable bonds is 5. The molecule has 7 nitrogen and oxygen atoms in total. The highest BCUT2D eigenvalue weighted by molar-refractivity contribution is 5.92. The number of ether oxygens (including phenoxy) is 1. The third-order valence-electron chi connectivity index (χ3n) is 2.69. The second kappa shape index (κ2) is 6.76. The van der Waals surface area contributed by atoms with Gasteiger partial charge >= 0.3 is 12.0 Å². The molecule has 1 rings (SSSR count). The van der Waals surface area contributed by atoms with E-state index in [0.717, 1.165) is 5.56 Å². The molecule has 0 radical (unpaired) electrons. The molecular weight excluding hydrogens is 264 g/mol. The molecule has 2 atom stereocenters. The molecule has 110 valence electrons. The van der Waals surface area contributed by atoms with Crippen LogP contribution in [0.1, 0.15) is 12.5 Å². The minimum atomic E-state index is -1.37. The number of nitrogens with one attached hydrogen (secondary N) is 2. The smallest absolute Gasteiger partial charge is 0.328 e. The van der Waals surface area contributed by atoms with Crippen LogP contribution in [0.3, 0.4) is 0 Å². The van der Waals surface area contributed by atoms with E-state index in [0.29, 0.717) is 11.4 Å². The number of methoxy groups -OCH3 is 1. The summed E-state index contributed by atoms with van der Waals surface area (Å²) in [4.78, 5) is 22.5. The lowest BCUT2D eigenvalue weighted by Crippen LogP contribution is -2.49. The molecule has 0 aliphatic heterocycles. The van der Waals surface area contributed by atoms with Crippen molar-refractivity contribution in [3.05, 3.63) is 23.8 Å². The molecule has 0 aromatic heterocycles. The maximum absolute atomic E-state index is 11.7. The molecular formula is C13H18N2O5. The number of carbonyl (C=O) groups excluding carboxylic acids is 1. The number of benzene rings is 1. The minimum absolute atomic E-state index is 0.496. The Kier molecular flexibility index (Phi) is 5.33. The number of aliphatic hydroxyl groups is 1. The fraction of sp³-hybridized carbons (Fsp3) is 0.385. The largest absolute Gasteiger partial charge is 0.496 e. The van der Waals surface area contributed by atoms with E-state index in [-0.39, 0.29) is 0 Å². The predicted molar refractivity (Wildman–Crippen MR) is 73.0 cm³/mol. The summed E-state index contributed by atoms with van der Waals surface area (Å²) in [6, 6.07) is 2.94. The van der Waals surface area contributed by atoms with E-state index >= 15 is 0 Å². The van der Waals surface area contributed by atoms with Crippen LogP contribution in [0.5, 0.6) is 5.75 Å². The van der Waals surface area contributed by atoms with E-state index in [4.69, 9.17) is 9.84 Å². The summed E-state index contributed by atoms with van der Waals surface area (Å²) in [5, 5.41) is 22.8. The molecule has 20 heavy (non-hydrogen) atoms. The predicted octanol–water partition coefficient (Wildman–Crippen LogP) is 0.959. The first-order valence-corrected chi connectivity index (χ1v) is 5.98. The number of aliphatic hydroxyl groups excluding tert-OH is 1. The third-order valence-corrected chi connectivity index (χ3v) is 2.69. The summed E-state index contributed by atoms with van der Waals surface area (Å²) in [5.41, 5.74) is 1.33. The molecule has 0 spiro atoms. The zero-order chi connectivity index (χ0) is 15.3. The molecule has 1 aromatic carbocycles. The van der Waals surface area contributed by atoms with Crippen LogP contribution in [-0.4, -0.2) is 41.5 Å². The van der Waals surface area contributed by atoms with Gasteiger partial charge in [-0.1, -0.05) is 0 Å². The lowest BCUT2D eigenvalue weighted by molar-refractivity contribution is -0.141. The normalized spacial score (nSPS) is 13.2. The number of amides is 2. The van der Waals surface area contributed by atoms with E-state index in [1.807, 2.05) is 6.92 Å². The molecule has 0 aliphatic carbocycles. The van der Waals surface area contributed by atoms with Crippen LogP contribution >= 0.6 is 0 Å².